The zero-order valence-electron chi connectivity index (χ0n) is 17.3. The van der Waals surface area contributed by atoms with Crippen LogP contribution < -0.4 is 16.0 Å². The smallest absolute Gasteiger partial charge is 0.276 e. The van der Waals surface area contributed by atoms with Crippen molar-refractivity contribution in [2.75, 3.05) is 23.8 Å². The Kier molecular flexibility index (Phi) is 4.81. The van der Waals surface area contributed by atoms with Crippen LogP contribution in [0.3, 0.4) is 0 Å². The van der Waals surface area contributed by atoms with Gasteiger partial charge in [-0.2, -0.15) is 5.10 Å². The fraction of sp³-hybridized carbons (Fsp3) is 0.333. The molecule has 3 heterocycles. The van der Waals surface area contributed by atoms with E-state index in [0.717, 1.165) is 16.9 Å². The fourth-order valence-corrected chi connectivity index (χ4v) is 4.09. The largest absolute Gasteiger partial charge is 0.371 e. The number of hydrogen-bond donors (Lipinski definition) is 2. The average Bonchev–Trinajstić information content (AvgIpc) is 3.26. The molecule has 1 aromatic carbocycles. The van der Waals surface area contributed by atoms with E-state index in [1.165, 1.54) is 0 Å². The Hall–Kier alpha value is -3.62. The first-order valence-electron chi connectivity index (χ1n) is 9.87. The van der Waals surface area contributed by atoms with E-state index in [1.54, 1.807) is 22.9 Å². The van der Waals surface area contributed by atoms with E-state index >= 15 is 0 Å². The summed E-state index contributed by atoms with van der Waals surface area (Å²) in [5, 5.41) is 7.30. The number of anilines is 2. The molecule has 9 nitrogen and oxygen atoms in total. The van der Waals surface area contributed by atoms with Crippen molar-refractivity contribution >= 4 is 34.5 Å². The molecule has 0 saturated heterocycles. The summed E-state index contributed by atoms with van der Waals surface area (Å²) >= 11 is 0. The second kappa shape index (κ2) is 7.33. The quantitative estimate of drug-likeness (QED) is 0.610. The Morgan fingerprint density at radius 3 is 2.80 bits per heavy atom. The van der Waals surface area contributed by atoms with Crippen LogP contribution in [0.25, 0.3) is 11.0 Å². The van der Waals surface area contributed by atoms with Gasteiger partial charge in [0.15, 0.2) is 0 Å². The van der Waals surface area contributed by atoms with Crippen molar-refractivity contribution < 1.29 is 9.59 Å². The van der Waals surface area contributed by atoms with Crippen LogP contribution in [0.5, 0.6) is 0 Å². The number of aromatic nitrogens is 4. The third-order valence-electron chi connectivity index (χ3n) is 5.41. The highest BCUT2D eigenvalue weighted by atomic mass is 16.2. The molecule has 0 saturated carbocycles. The highest BCUT2D eigenvalue weighted by Gasteiger charge is 2.30. The second-order valence-corrected chi connectivity index (χ2v) is 7.53. The Labute approximate surface area is 174 Å². The molecular weight excluding hydrogens is 382 g/mol. The van der Waals surface area contributed by atoms with Gasteiger partial charge >= 0.3 is 0 Å². The molecule has 3 aromatic rings. The first-order chi connectivity index (χ1) is 14.3. The zero-order chi connectivity index (χ0) is 21.6. The molecule has 0 aliphatic carbocycles. The van der Waals surface area contributed by atoms with E-state index in [0.29, 0.717) is 42.2 Å². The van der Waals surface area contributed by atoms with Gasteiger partial charge in [-0.3, -0.25) is 19.6 Å². The zero-order valence-corrected chi connectivity index (χ0v) is 17.3. The van der Waals surface area contributed by atoms with Gasteiger partial charge in [0.25, 0.3) is 5.91 Å². The Morgan fingerprint density at radius 2 is 2.13 bits per heavy atom. The molecule has 30 heavy (non-hydrogen) atoms. The normalized spacial score (nSPS) is 15.4. The van der Waals surface area contributed by atoms with Crippen LogP contribution in [0.4, 0.5) is 11.6 Å². The third kappa shape index (κ3) is 3.12. The third-order valence-corrected chi connectivity index (χ3v) is 5.41. The number of carbonyl (C=O) groups is 2. The maximum Gasteiger partial charge on any atom is 0.276 e. The van der Waals surface area contributed by atoms with Gasteiger partial charge < -0.3 is 15.2 Å². The number of nitrogens with two attached hydrogens (primary N) is 1. The number of benzene rings is 1. The maximum absolute atomic E-state index is 13.0. The van der Waals surface area contributed by atoms with E-state index in [-0.39, 0.29) is 11.9 Å². The molecule has 1 atom stereocenters. The minimum absolute atomic E-state index is 0.0394. The van der Waals surface area contributed by atoms with Gasteiger partial charge in [0.2, 0.25) is 11.9 Å². The number of imidazole rings is 1. The lowest BCUT2D eigenvalue weighted by Crippen LogP contribution is -2.33. The van der Waals surface area contributed by atoms with Crippen molar-refractivity contribution in [1.29, 1.82) is 0 Å². The molecular formula is C21H25N7O2. The average molecular weight is 407 g/mol. The summed E-state index contributed by atoms with van der Waals surface area (Å²) in [6, 6.07) is 5.23. The number of likely N-dealkylation sites (N-methyl/N-ethyl adjacent to an activating group) is 1. The molecule has 0 radical (unpaired) electrons. The molecule has 1 unspecified atom stereocenters. The number of carbonyl (C=O) groups excluding carboxylic acids is 2. The van der Waals surface area contributed by atoms with Crippen molar-refractivity contribution in [2.45, 2.75) is 32.9 Å². The number of nitrogens with one attached hydrogen (secondary N) is 1. The summed E-state index contributed by atoms with van der Waals surface area (Å²) in [6.07, 6.45) is 2.57. The maximum atomic E-state index is 13.0. The van der Waals surface area contributed by atoms with Crippen LogP contribution in [-0.4, -0.2) is 44.7 Å². The lowest BCUT2D eigenvalue weighted by atomic mass is 10.1. The first-order valence-corrected chi connectivity index (χ1v) is 9.87. The standard InChI is InChI=1S/C21H25N7O2/c1-5-7-14-11-26(4)16-10-13(19(22)29)9-15-18(16)28(14)21(23-15)24-20(30)17-8-12(3)25-27(17)6-2/h5,8-10,14H,1,6-7,11H2,2-4H3,(H2,22,29)(H,23,24,30). The first kappa shape index (κ1) is 19.7. The van der Waals surface area contributed by atoms with Crippen molar-refractivity contribution in [1.82, 2.24) is 19.3 Å². The lowest BCUT2D eigenvalue weighted by molar-refractivity contribution is 0.0996. The number of nitrogens with zero attached hydrogens (tertiary/aromatic N) is 5. The van der Waals surface area contributed by atoms with Crippen molar-refractivity contribution in [2.24, 2.45) is 5.73 Å². The van der Waals surface area contributed by atoms with Crippen LogP contribution >= 0.6 is 0 Å². The van der Waals surface area contributed by atoms with E-state index in [4.69, 9.17) is 5.73 Å². The number of hydrogen-bond acceptors (Lipinski definition) is 5. The van der Waals surface area contributed by atoms with Crippen LogP contribution in [0, 0.1) is 6.92 Å². The predicted octanol–water partition coefficient (Wildman–Crippen LogP) is 2.48. The van der Waals surface area contributed by atoms with Gasteiger partial charge in [-0.25, -0.2) is 4.98 Å². The van der Waals surface area contributed by atoms with Gasteiger partial charge in [0, 0.05) is 25.7 Å². The highest BCUT2D eigenvalue weighted by molar-refractivity contribution is 6.05. The van der Waals surface area contributed by atoms with Gasteiger partial charge in [-0.1, -0.05) is 6.08 Å². The summed E-state index contributed by atoms with van der Waals surface area (Å²) in [5.41, 5.74) is 9.47. The van der Waals surface area contributed by atoms with E-state index in [1.807, 2.05) is 31.5 Å². The molecule has 2 amide bonds. The molecule has 4 rings (SSSR count). The number of aryl methyl sites for hydroxylation is 2. The van der Waals surface area contributed by atoms with Gasteiger partial charge in [-0.05, 0) is 38.5 Å². The predicted molar refractivity (Wildman–Crippen MR) is 116 cm³/mol. The van der Waals surface area contributed by atoms with Gasteiger partial charge in [0.1, 0.15) is 5.69 Å². The second-order valence-electron chi connectivity index (χ2n) is 7.53. The molecule has 0 spiro atoms. The van der Waals surface area contributed by atoms with Crippen molar-refractivity contribution in [3.63, 3.8) is 0 Å². The van der Waals surface area contributed by atoms with Gasteiger partial charge in [0.05, 0.1) is 28.5 Å². The Morgan fingerprint density at radius 1 is 1.37 bits per heavy atom. The monoisotopic (exact) mass is 407 g/mol. The van der Waals surface area contributed by atoms with E-state index in [9.17, 15) is 9.59 Å². The summed E-state index contributed by atoms with van der Waals surface area (Å²) in [5.74, 6) is -0.367. The Balaban J connectivity index is 1.86. The van der Waals surface area contributed by atoms with Crippen molar-refractivity contribution in [3.8, 4) is 0 Å². The van der Waals surface area contributed by atoms with Crippen LogP contribution in [-0.2, 0) is 6.54 Å². The number of primary amides is 1. The van der Waals surface area contributed by atoms with Crippen LogP contribution in [0.15, 0.2) is 30.9 Å². The number of rotatable bonds is 6. The molecule has 2 aromatic heterocycles. The summed E-state index contributed by atoms with van der Waals surface area (Å²) in [7, 11) is 1.97. The minimum atomic E-state index is -0.516. The summed E-state index contributed by atoms with van der Waals surface area (Å²) in [6.45, 7) is 8.93. The molecule has 156 valence electrons. The molecule has 0 fully saturated rings. The molecule has 3 N–H and O–H groups in total. The van der Waals surface area contributed by atoms with Gasteiger partial charge in [-0.15, -0.1) is 6.58 Å². The van der Waals surface area contributed by atoms with Crippen molar-refractivity contribution in [3.05, 3.63) is 47.8 Å². The molecule has 0 bridgehead atoms. The van der Waals surface area contributed by atoms with Crippen LogP contribution in [0.1, 0.15) is 45.9 Å². The minimum Gasteiger partial charge on any atom is -0.371 e. The number of allylic oxidation sites excluding steroid dienone is 1. The summed E-state index contributed by atoms with van der Waals surface area (Å²) in [4.78, 5) is 31.6. The topological polar surface area (TPSA) is 111 Å². The number of amides is 2. The summed E-state index contributed by atoms with van der Waals surface area (Å²) < 4.78 is 3.68. The molecule has 1 aliphatic heterocycles. The highest BCUT2D eigenvalue weighted by Crippen LogP contribution is 2.39. The fourth-order valence-electron chi connectivity index (χ4n) is 4.09. The van der Waals surface area contributed by atoms with Crippen LogP contribution in [0.2, 0.25) is 0 Å². The lowest BCUT2D eigenvalue weighted by Gasteiger charge is -2.33. The SMILES string of the molecule is C=CCC1CN(C)c2cc(C(N)=O)cc3nc(NC(=O)c4cc(C)nn4CC)n1c23. The van der Waals surface area contributed by atoms with E-state index in [2.05, 4.69) is 26.9 Å². The Bertz CT molecular complexity index is 1170. The van der Waals surface area contributed by atoms with E-state index < -0.39 is 5.91 Å². The molecule has 9 heteroatoms. The molecule has 1 aliphatic rings.